The van der Waals surface area contributed by atoms with Gasteiger partial charge in [0.05, 0.1) is 18.9 Å². The van der Waals surface area contributed by atoms with Gasteiger partial charge < -0.3 is 18.9 Å². The fraction of sp³-hybridized carbons (Fsp3) is 0.409. The van der Waals surface area contributed by atoms with Gasteiger partial charge in [-0.05, 0) is 59.7 Å². The van der Waals surface area contributed by atoms with Crippen molar-refractivity contribution in [3.8, 4) is 11.5 Å². The molecule has 0 atom stereocenters. The quantitative estimate of drug-likeness (QED) is 0.486. The van der Waals surface area contributed by atoms with Crippen molar-refractivity contribution in [3.05, 3.63) is 42.4 Å². The molecule has 0 aromatic carbocycles. The van der Waals surface area contributed by atoms with Gasteiger partial charge in [-0.15, -0.1) is 0 Å². The van der Waals surface area contributed by atoms with Crippen molar-refractivity contribution in [3.63, 3.8) is 0 Å². The van der Waals surface area contributed by atoms with E-state index >= 15 is 0 Å². The number of hydrogen-bond donors (Lipinski definition) is 0. The highest BCUT2D eigenvalue weighted by Gasteiger charge is 2.35. The number of pyridine rings is 2. The SMILES string of the molecule is COC(=O)c1cncc(Oc2cccnc2N(C(=O)OC(C)(C)C)C(=O)OC(C)(C)C)c1. The molecule has 0 aliphatic rings. The molecule has 2 heterocycles. The molecule has 2 rings (SSSR count). The molecule has 2 aromatic rings. The summed E-state index contributed by atoms with van der Waals surface area (Å²) in [7, 11) is 1.24. The fourth-order valence-corrected chi connectivity index (χ4v) is 2.32. The summed E-state index contributed by atoms with van der Waals surface area (Å²) >= 11 is 0. The zero-order chi connectivity index (χ0) is 24.1. The molecular weight excluding hydrogens is 418 g/mol. The normalized spacial score (nSPS) is 11.3. The van der Waals surface area contributed by atoms with Crippen LogP contribution < -0.4 is 9.64 Å². The summed E-state index contributed by atoms with van der Waals surface area (Å²) < 4.78 is 21.2. The lowest BCUT2D eigenvalue weighted by atomic mass is 10.2. The Morgan fingerprint density at radius 1 is 0.938 bits per heavy atom. The second-order valence-electron chi connectivity index (χ2n) is 8.62. The molecule has 10 nitrogen and oxygen atoms in total. The van der Waals surface area contributed by atoms with Crippen LogP contribution in [0.3, 0.4) is 0 Å². The van der Waals surface area contributed by atoms with Crippen LogP contribution in [0.5, 0.6) is 11.5 Å². The molecule has 0 bridgehead atoms. The van der Waals surface area contributed by atoms with E-state index in [1.54, 1.807) is 47.6 Å². The summed E-state index contributed by atoms with van der Waals surface area (Å²) in [6.07, 6.45) is 2.08. The molecule has 0 fully saturated rings. The predicted octanol–water partition coefficient (Wildman–Crippen LogP) is 4.73. The molecule has 2 amide bonds. The molecule has 2 aromatic heterocycles. The fourth-order valence-electron chi connectivity index (χ4n) is 2.32. The molecule has 0 saturated carbocycles. The maximum atomic E-state index is 12.9. The highest BCUT2D eigenvalue weighted by molar-refractivity contribution is 6.09. The van der Waals surface area contributed by atoms with Crippen LogP contribution in [-0.4, -0.2) is 46.4 Å². The van der Waals surface area contributed by atoms with Gasteiger partial charge in [0.2, 0.25) is 0 Å². The van der Waals surface area contributed by atoms with Crippen molar-refractivity contribution in [1.82, 2.24) is 9.97 Å². The van der Waals surface area contributed by atoms with Gasteiger partial charge in [-0.1, -0.05) is 0 Å². The molecule has 0 saturated heterocycles. The number of anilines is 1. The first kappa shape index (κ1) is 24.6. The monoisotopic (exact) mass is 445 g/mol. The largest absolute Gasteiger partial charge is 0.465 e. The Labute approximate surface area is 186 Å². The summed E-state index contributed by atoms with van der Waals surface area (Å²) in [6, 6.07) is 4.45. The first-order valence-corrected chi connectivity index (χ1v) is 9.73. The Morgan fingerprint density at radius 3 is 2.06 bits per heavy atom. The number of rotatable bonds is 4. The van der Waals surface area contributed by atoms with E-state index in [0.29, 0.717) is 4.90 Å². The molecule has 0 N–H and O–H groups in total. The Morgan fingerprint density at radius 2 is 1.53 bits per heavy atom. The van der Waals surface area contributed by atoms with Crippen LogP contribution >= 0.6 is 0 Å². The maximum absolute atomic E-state index is 12.9. The third-order valence-corrected chi connectivity index (χ3v) is 3.48. The Bertz CT molecular complexity index is 966. The third kappa shape index (κ3) is 6.93. The van der Waals surface area contributed by atoms with Crippen LogP contribution in [0.25, 0.3) is 0 Å². The summed E-state index contributed by atoms with van der Waals surface area (Å²) in [5.41, 5.74) is -1.61. The number of hydrogen-bond acceptors (Lipinski definition) is 9. The molecule has 10 heteroatoms. The number of ether oxygens (including phenoxy) is 4. The first-order valence-electron chi connectivity index (χ1n) is 9.73. The molecule has 0 unspecified atom stereocenters. The Hall–Kier alpha value is -3.69. The summed E-state index contributed by atoms with van der Waals surface area (Å²) in [5, 5.41) is 0. The second-order valence-corrected chi connectivity index (χ2v) is 8.62. The van der Waals surface area contributed by atoms with Crippen molar-refractivity contribution in [1.29, 1.82) is 0 Å². The minimum absolute atomic E-state index is 0.0352. The number of aromatic nitrogens is 2. The highest BCUT2D eigenvalue weighted by atomic mass is 16.6. The number of esters is 1. The molecule has 0 spiro atoms. The van der Waals surface area contributed by atoms with Crippen molar-refractivity contribution in [2.75, 3.05) is 12.0 Å². The van der Waals surface area contributed by atoms with Gasteiger partial charge in [0.15, 0.2) is 11.6 Å². The minimum Gasteiger partial charge on any atom is -0.465 e. The van der Waals surface area contributed by atoms with Gasteiger partial charge in [0.1, 0.15) is 17.0 Å². The Kier molecular flexibility index (Phi) is 7.40. The van der Waals surface area contributed by atoms with E-state index in [1.165, 1.54) is 37.8 Å². The van der Waals surface area contributed by atoms with Gasteiger partial charge in [-0.2, -0.15) is 4.90 Å². The van der Waals surface area contributed by atoms with Crippen molar-refractivity contribution >= 4 is 24.0 Å². The minimum atomic E-state index is -0.989. The van der Waals surface area contributed by atoms with Gasteiger partial charge in [-0.25, -0.2) is 19.4 Å². The van der Waals surface area contributed by atoms with Crippen molar-refractivity contribution in [2.24, 2.45) is 0 Å². The summed E-state index contributed by atoms with van der Waals surface area (Å²) in [4.78, 5) is 46.3. The van der Waals surface area contributed by atoms with Crippen LogP contribution in [0, 0.1) is 0 Å². The van der Waals surface area contributed by atoms with Crippen LogP contribution in [-0.2, 0) is 14.2 Å². The predicted molar refractivity (Wildman–Crippen MR) is 115 cm³/mol. The molecule has 0 radical (unpaired) electrons. The van der Waals surface area contributed by atoms with Crippen LogP contribution in [0.1, 0.15) is 51.9 Å². The molecule has 0 aliphatic heterocycles. The molecule has 172 valence electrons. The van der Waals surface area contributed by atoms with Gasteiger partial charge in [0, 0.05) is 12.4 Å². The molecule has 0 aliphatic carbocycles. The average molecular weight is 445 g/mol. The van der Waals surface area contributed by atoms with Crippen LogP contribution in [0.15, 0.2) is 36.8 Å². The number of carbonyl (C=O) groups is 3. The van der Waals surface area contributed by atoms with E-state index in [2.05, 4.69) is 14.7 Å². The smallest absolute Gasteiger partial charge is 0.425 e. The third-order valence-electron chi connectivity index (χ3n) is 3.48. The second kappa shape index (κ2) is 9.63. The summed E-state index contributed by atoms with van der Waals surface area (Å²) in [6.45, 7) is 9.99. The zero-order valence-electron chi connectivity index (χ0n) is 19.2. The number of amides is 2. The average Bonchev–Trinajstić information content (AvgIpc) is 2.66. The summed E-state index contributed by atoms with van der Waals surface area (Å²) in [5.74, 6) is -0.554. The van der Waals surface area contributed by atoms with E-state index in [4.69, 9.17) is 14.2 Å². The van der Waals surface area contributed by atoms with Gasteiger partial charge in [0.25, 0.3) is 0 Å². The number of nitrogens with zero attached hydrogens (tertiary/aromatic N) is 3. The van der Waals surface area contributed by atoms with E-state index in [1.807, 2.05) is 0 Å². The lowest BCUT2D eigenvalue weighted by Crippen LogP contribution is -2.44. The topological polar surface area (TPSA) is 117 Å². The van der Waals surface area contributed by atoms with E-state index in [0.717, 1.165) is 0 Å². The van der Waals surface area contributed by atoms with E-state index in [9.17, 15) is 14.4 Å². The molecule has 32 heavy (non-hydrogen) atoms. The number of imide groups is 1. The van der Waals surface area contributed by atoms with Crippen LogP contribution in [0.2, 0.25) is 0 Å². The van der Waals surface area contributed by atoms with E-state index in [-0.39, 0.29) is 22.9 Å². The van der Waals surface area contributed by atoms with Gasteiger partial charge in [-0.3, -0.25) is 4.98 Å². The lowest BCUT2D eigenvalue weighted by molar-refractivity contribution is 0.0427. The highest BCUT2D eigenvalue weighted by Crippen LogP contribution is 2.32. The van der Waals surface area contributed by atoms with E-state index < -0.39 is 29.4 Å². The van der Waals surface area contributed by atoms with Crippen LogP contribution in [0.4, 0.5) is 15.4 Å². The van der Waals surface area contributed by atoms with Crippen molar-refractivity contribution < 1.29 is 33.3 Å². The zero-order valence-corrected chi connectivity index (χ0v) is 19.2. The van der Waals surface area contributed by atoms with Crippen molar-refractivity contribution in [2.45, 2.75) is 52.7 Å². The Balaban J connectivity index is 2.48. The number of carbonyl (C=O) groups excluding carboxylic acids is 3. The number of methoxy groups -OCH3 is 1. The first-order chi connectivity index (χ1) is 14.8. The standard InChI is InChI=1S/C22H27N3O7/c1-21(2,3)31-19(27)25(20(28)32-22(4,5)6)17-16(9-8-10-24-17)30-15-11-14(12-23-13-15)18(26)29-7/h8-13H,1-7H3. The van der Waals surface area contributed by atoms with Gasteiger partial charge >= 0.3 is 18.2 Å². The maximum Gasteiger partial charge on any atom is 0.425 e. The lowest BCUT2D eigenvalue weighted by Gasteiger charge is -2.28. The molecular formula is C22H27N3O7.